The summed E-state index contributed by atoms with van der Waals surface area (Å²) >= 11 is 0. The monoisotopic (exact) mass is 258 g/mol. The van der Waals surface area contributed by atoms with Crippen molar-refractivity contribution in [2.75, 3.05) is 24.8 Å². The Morgan fingerprint density at radius 2 is 1.84 bits per heavy atom. The van der Waals surface area contributed by atoms with Crippen molar-refractivity contribution in [3.05, 3.63) is 42.5 Å². The molecule has 0 bridgehead atoms. The van der Waals surface area contributed by atoms with E-state index in [1.54, 1.807) is 7.11 Å². The van der Waals surface area contributed by atoms with E-state index in [-0.39, 0.29) is 0 Å². The summed E-state index contributed by atoms with van der Waals surface area (Å²) in [6, 6.07) is 13.3. The Labute approximate surface area is 113 Å². The lowest BCUT2D eigenvalue weighted by atomic mass is 10.2. The summed E-state index contributed by atoms with van der Waals surface area (Å²) < 4.78 is 10.6. The molecule has 0 aliphatic carbocycles. The summed E-state index contributed by atoms with van der Waals surface area (Å²) in [6.07, 6.45) is 0. The van der Waals surface area contributed by atoms with E-state index < -0.39 is 0 Å². The van der Waals surface area contributed by atoms with Crippen LogP contribution in [0.25, 0.3) is 0 Å². The third-order valence-corrected chi connectivity index (χ3v) is 2.73. The van der Waals surface area contributed by atoms with Crippen LogP contribution < -0.4 is 20.5 Å². The molecule has 0 aliphatic rings. The average Bonchev–Trinajstić information content (AvgIpc) is 2.44. The Bertz CT molecular complexity index is 538. The van der Waals surface area contributed by atoms with Crippen LogP contribution in [0.1, 0.15) is 6.92 Å². The lowest BCUT2D eigenvalue weighted by Gasteiger charge is -2.13. The number of anilines is 3. The Morgan fingerprint density at radius 3 is 2.47 bits per heavy atom. The predicted molar refractivity (Wildman–Crippen MR) is 78.3 cm³/mol. The fourth-order valence-electron chi connectivity index (χ4n) is 1.76. The predicted octanol–water partition coefficient (Wildman–Crippen LogP) is 3.42. The van der Waals surface area contributed by atoms with Crippen LogP contribution in [-0.4, -0.2) is 13.7 Å². The summed E-state index contributed by atoms with van der Waals surface area (Å²) in [5.74, 6) is 1.52. The summed E-state index contributed by atoms with van der Waals surface area (Å²) in [4.78, 5) is 0. The van der Waals surface area contributed by atoms with Gasteiger partial charge in [-0.3, -0.25) is 0 Å². The first-order chi connectivity index (χ1) is 9.24. The van der Waals surface area contributed by atoms with E-state index in [0.29, 0.717) is 18.0 Å². The van der Waals surface area contributed by atoms with Gasteiger partial charge in [-0.2, -0.15) is 0 Å². The number of benzene rings is 2. The maximum absolute atomic E-state index is 6.06. The minimum atomic E-state index is 0.593. The van der Waals surface area contributed by atoms with Gasteiger partial charge in [-0.05, 0) is 43.3 Å². The van der Waals surface area contributed by atoms with Gasteiger partial charge < -0.3 is 20.5 Å². The molecule has 0 unspecified atom stereocenters. The zero-order valence-electron chi connectivity index (χ0n) is 11.1. The molecule has 0 aromatic heterocycles. The van der Waals surface area contributed by atoms with Gasteiger partial charge in [0.15, 0.2) is 0 Å². The Hall–Kier alpha value is -2.36. The molecule has 0 heterocycles. The Kier molecular flexibility index (Phi) is 4.13. The van der Waals surface area contributed by atoms with E-state index in [0.717, 1.165) is 17.1 Å². The fourth-order valence-corrected chi connectivity index (χ4v) is 1.76. The number of ether oxygens (including phenoxy) is 2. The fraction of sp³-hybridized carbons (Fsp3) is 0.200. The first-order valence-corrected chi connectivity index (χ1v) is 6.17. The molecule has 0 spiro atoms. The summed E-state index contributed by atoms with van der Waals surface area (Å²) in [6.45, 7) is 2.53. The van der Waals surface area contributed by atoms with Gasteiger partial charge in [0, 0.05) is 5.69 Å². The molecule has 0 fully saturated rings. The minimum Gasteiger partial charge on any atom is -0.497 e. The zero-order valence-corrected chi connectivity index (χ0v) is 11.1. The SMILES string of the molecule is CCOc1cccc(Nc2ccc(OC)cc2)c1N. The number of hydrogen-bond acceptors (Lipinski definition) is 4. The van der Waals surface area contributed by atoms with Crippen molar-refractivity contribution in [2.45, 2.75) is 6.92 Å². The maximum atomic E-state index is 6.06. The van der Waals surface area contributed by atoms with Crippen LogP contribution >= 0.6 is 0 Å². The molecular weight excluding hydrogens is 240 g/mol. The molecule has 0 saturated heterocycles. The molecule has 2 aromatic carbocycles. The smallest absolute Gasteiger partial charge is 0.144 e. The van der Waals surface area contributed by atoms with Crippen LogP contribution in [0, 0.1) is 0 Å². The van der Waals surface area contributed by atoms with Gasteiger partial charge in [-0.15, -0.1) is 0 Å². The number of nitrogen functional groups attached to an aromatic ring is 1. The largest absolute Gasteiger partial charge is 0.497 e. The second kappa shape index (κ2) is 6.00. The topological polar surface area (TPSA) is 56.5 Å². The van der Waals surface area contributed by atoms with Crippen LogP contribution in [0.15, 0.2) is 42.5 Å². The van der Waals surface area contributed by atoms with Crippen molar-refractivity contribution < 1.29 is 9.47 Å². The highest BCUT2D eigenvalue weighted by atomic mass is 16.5. The molecule has 0 atom stereocenters. The molecule has 2 rings (SSSR count). The number of para-hydroxylation sites is 1. The average molecular weight is 258 g/mol. The lowest BCUT2D eigenvalue weighted by Crippen LogP contribution is -2.01. The van der Waals surface area contributed by atoms with Gasteiger partial charge >= 0.3 is 0 Å². The molecule has 0 radical (unpaired) electrons. The van der Waals surface area contributed by atoms with Gasteiger partial charge in [-0.1, -0.05) is 6.07 Å². The highest BCUT2D eigenvalue weighted by Gasteiger charge is 2.05. The van der Waals surface area contributed by atoms with Crippen molar-refractivity contribution in [3.63, 3.8) is 0 Å². The minimum absolute atomic E-state index is 0.593. The van der Waals surface area contributed by atoms with Gasteiger partial charge in [0.2, 0.25) is 0 Å². The second-order valence-corrected chi connectivity index (χ2v) is 4.00. The van der Waals surface area contributed by atoms with E-state index in [4.69, 9.17) is 15.2 Å². The molecule has 4 heteroatoms. The summed E-state index contributed by atoms with van der Waals surface area (Å²) in [5.41, 5.74) is 8.45. The Balaban J connectivity index is 2.20. The van der Waals surface area contributed by atoms with E-state index in [2.05, 4.69) is 5.32 Å². The van der Waals surface area contributed by atoms with Crippen molar-refractivity contribution in [3.8, 4) is 11.5 Å². The third-order valence-electron chi connectivity index (χ3n) is 2.73. The lowest BCUT2D eigenvalue weighted by molar-refractivity contribution is 0.342. The van der Waals surface area contributed by atoms with E-state index in [1.165, 1.54) is 0 Å². The number of rotatable bonds is 5. The molecule has 4 nitrogen and oxygen atoms in total. The van der Waals surface area contributed by atoms with Gasteiger partial charge in [-0.25, -0.2) is 0 Å². The number of nitrogens with one attached hydrogen (secondary N) is 1. The second-order valence-electron chi connectivity index (χ2n) is 4.00. The van der Waals surface area contributed by atoms with Crippen LogP contribution in [0.2, 0.25) is 0 Å². The van der Waals surface area contributed by atoms with Crippen molar-refractivity contribution in [1.29, 1.82) is 0 Å². The van der Waals surface area contributed by atoms with Crippen LogP contribution in [0.4, 0.5) is 17.1 Å². The standard InChI is InChI=1S/C15H18N2O2/c1-3-19-14-6-4-5-13(15(14)16)17-11-7-9-12(18-2)10-8-11/h4-10,17H,3,16H2,1-2H3. The normalized spacial score (nSPS) is 10.0. The van der Waals surface area contributed by atoms with Crippen molar-refractivity contribution >= 4 is 17.1 Å². The first kappa shape index (κ1) is 13.1. The van der Waals surface area contributed by atoms with Gasteiger partial charge in [0.1, 0.15) is 11.5 Å². The van der Waals surface area contributed by atoms with E-state index in [1.807, 2.05) is 49.4 Å². The molecule has 0 amide bonds. The molecule has 2 aromatic rings. The molecule has 100 valence electrons. The number of nitrogens with two attached hydrogens (primary N) is 1. The molecule has 19 heavy (non-hydrogen) atoms. The number of hydrogen-bond donors (Lipinski definition) is 2. The quantitative estimate of drug-likeness (QED) is 0.807. The van der Waals surface area contributed by atoms with E-state index in [9.17, 15) is 0 Å². The summed E-state index contributed by atoms with van der Waals surface area (Å²) in [5, 5.41) is 3.26. The molecule has 0 saturated carbocycles. The van der Waals surface area contributed by atoms with Crippen molar-refractivity contribution in [2.24, 2.45) is 0 Å². The molecular formula is C15H18N2O2. The van der Waals surface area contributed by atoms with Crippen molar-refractivity contribution in [1.82, 2.24) is 0 Å². The molecule has 0 aliphatic heterocycles. The maximum Gasteiger partial charge on any atom is 0.144 e. The molecule has 3 N–H and O–H groups in total. The number of methoxy groups -OCH3 is 1. The van der Waals surface area contributed by atoms with Crippen LogP contribution in [-0.2, 0) is 0 Å². The Morgan fingerprint density at radius 1 is 1.11 bits per heavy atom. The highest BCUT2D eigenvalue weighted by Crippen LogP contribution is 2.31. The highest BCUT2D eigenvalue weighted by molar-refractivity contribution is 5.77. The first-order valence-electron chi connectivity index (χ1n) is 6.17. The summed E-state index contributed by atoms with van der Waals surface area (Å²) in [7, 11) is 1.64. The van der Waals surface area contributed by atoms with Gasteiger partial charge in [0.05, 0.1) is 25.1 Å². The van der Waals surface area contributed by atoms with Gasteiger partial charge in [0.25, 0.3) is 0 Å². The van der Waals surface area contributed by atoms with Crippen LogP contribution in [0.3, 0.4) is 0 Å². The van der Waals surface area contributed by atoms with Crippen LogP contribution in [0.5, 0.6) is 11.5 Å². The zero-order chi connectivity index (χ0) is 13.7. The van der Waals surface area contributed by atoms with E-state index >= 15 is 0 Å². The third kappa shape index (κ3) is 3.10.